The number of ether oxygens (including phenoxy) is 1. The zero-order valence-electron chi connectivity index (χ0n) is 9.71. The van der Waals surface area contributed by atoms with Gasteiger partial charge in [-0.3, -0.25) is 9.05 Å². The Bertz CT molecular complexity index is 428. The first-order valence-corrected chi connectivity index (χ1v) is 8.07. The Hall–Kier alpha value is 0.0600. The van der Waals surface area contributed by atoms with Gasteiger partial charge >= 0.3 is 15.6 Å². The molecule has 0 aromatic rings. The average Bonchev–Trinajstić information content (AvgIpc) is 2.48. The van der Waals surface area contributed by atoms with Crippen LogP contribution < -0.4 is 0 Å². The summed E-state index contributed by atoms with van der Waals surface area (Å²) in [5, 5.41) is 28.8. The molecule has 1 heterocycles. The zero-order chi connectivity index (χ0) is 15.8. The molecule has 1 fully saturated rings. The van der Waals surface area contributed by atoms with Crippen molar-refractivity contribution < 1.29 is 57.8 Å². The Labute approximate surface area is 112 Å². The molecular weight excluding hydrogens is 326 g/mol. The summed E-state index contributed by atoms with van der Waals surface area (Å²) in [6.07, 6.45) is -5.38. The van der Waals surface area contributed by atoms with E-state index in [2.05, 4.69) is 13.8 Å². The number of aliphatic hydroxyl groups is 3. The highest BCUT2D eigenvalue weighted by molar-refractivity contribution is 7.46. The average molecular weight is 340 g/mol. The summed E-state index contributed by atoms with van der Waals surface area (Å²) < 4.78 is 33.6. The standard InChI is InChI=1S/C6H14O12P2/c7-4-3(1-16-19(10,11)12)18-6(9,5(4)8)2-17-20(13,14)15/h3-5,7-9H,1-2H2,(H2,10,11,12)(H2,13,14,15)/t3-,4+,5+,6+/m1/s1. The molecule has 0 spiro atoms. The molecule has 1 saturated heterocycles. The third-order valence-corrected chi connectivity index (χ3v) is 3.32. The van der Waals surface area contributed by atoms with Gasteiger partial charge in [-0.25, -0.2) is 9.13 Å². The SMILES string of the molecule is O=P(O)(O)OC[C@H]1O[C@@](O)(COP(=O)(O)O)[C@@H](O)[C@H]1O. The minimum atomic E-state index is -4.96. The van der Waals surface area contributed by atoms with Crippen LogP contribution in [0.3, 0.4) is 0 Å². The van der Waals surface area contributed by atoms with Gasteiger partial charge in [0, 0.05) is 0 Å². The van der Waals surface area contributed by atoms with Crippen LogP contribution in [0.4, 0.5) is 0 Å². The fourth-order valence-corrected chi connectivity index (χ4v) is 2.17. The molecule has 7 N–H and O–H groups in total. The van der Waals surface area contributed by atoms with Gasteiger partial charge < -0.3 is 39.6 Å². The van der Waals surface area contributed by atoms with Gasteiger partial charge in [0.25, 0.3) is 0 Å². The molecule has 0 aliphatic carbocycles. The summed E-state index contributed by atoms with van der Waals surface area (Å²) in [4.78, 5) is 33.9. The number of phosphoric ester groups is 2. The molecule has 0 unspecified atom stereocenters. The lowest BCUT2D eigenvalue weighted by atomic mass is 10.1. The van der Waals surface area contributed by atoms with Gasteiger partial charge in [0.1, 0.15) is 24.9 Å². The Balaban J connectivity index is 2.67. The summed E-state index contributed by atoms with van der Waals surface area (Å²) in [5.74, 6) is -2.66. The Kier molecular flexibility index (Phi) is 5.48. The van der Waals surface area contributed by atoms with E-state index in [1.165, 1.54) is 0 Å². The van der Waals surface area contributed by atoms with E-state index in [4.69, 9.17) is 19.6 Å². The Morgan fingerprint density at radius 1 is 1.05 bits per heavy atom. The topological polar surface area (TPSA) is 203 Å². The van der Waals surface area contributed by atoms with E-state index in [0.717, 1.165) is 0 Å². The van der Waals surface area contributed by atoms with E-state index >= 15 is 0 Å². The highest BCUT2D eigenvalue weighted by Crippen LogP contribution is 2.41. The number of phosphoric acid groups is 2. The van der Waals surface area contributed by atoms with Crippen LogP contribution in [0.15, 0.2) is 0 Å². The molecular formula is C6H14O12P2. The van der Waals surface area contributed by atoms with E-state index in [9.17, 15) is 24.4 Å². The molecule has 0 amide bonds. The fourth-order valence-electron chi connectivity index (χ4n) is 1.47. The Morgan fingerprint density at radius 2 is 1.55 bits per heavy atom. The van der Waals surface area contributed by atoms with Crippen LogP contribution in [0.1, 0.15) is 0 Å². The van der Waals surface area contributed by atoms with Crippen molar-refractivity contribution in [2.75, 3.05) is 13.2 Å². The molecule has 1 aliphatic heterocycles. The monoisotopic (exact) mass is 340 g/mol. The maximum Gasteiger partial charge on any atom is 0.469 e. The van der Waals surface area contributed by atoms with Crippen LogP contribution in [-0.4, -0.2) is 72.2 Å². The Morgan fingerprint density at radius 3 is 2.00 bits per heavy atom. The van der Waals surface area contributed by atoms with Crippen LogP contribution in [0.5, 0.6) is 0 Å². The highest BCUT2D eigenvalue weighted by atomic mass is 31.2. The van der Waals surface area contributed by atoms with Crippen molar-refractivity contribution in [1.29, 1.82) is 0 Å². The van der Waals surface area contributed by atoms with Gasteiger partial charge in [-0.05, 0) is 0 Å². The number of hydrogen-bond donors (Lipinski definition) is 7. The lowest BCUT2D eigenvalue weighted by Gasteiger charge is -2.25. The summed E-state index contributed by atoms with van der Waals surface area (Å²) in [7, 11) is -9.82. The van der Waals surface area contributed by atoms with E-state index in [-0.39, 0.29) is 0 Å². The minimum Gasteiger partial charge on any atom is -0.387 e. The van der Waals surface area contributed by atoms with Crippen molar-refractivity contribution in [3.05, 3.63) is 0 Å². The van der Waals surface area contributed by atoms with Crippen LogP contribution in [0, 0.1) is 0 Å². The highest BCUT2D eigenvalue weighted by Gasteiger charge is 2.54. The number of rotatable bonds is 6. The lowest BCUT2D eigenvalue weighted by molar-refractivity contribution is -0.245. The normalized spacial score (nSPS) is 35.5. The summed E-state index contributed by atoms with van der Waals surface area (Å²) in [6.45, 7) is -2.05. The fraction of sp³-hybridized carbons (Fsp3) is 1.00. The molecule has 14 heteroatoms. The lowest BCUT2D eigenvalue weighted by Crippen LogP contribution is -2.46. The smallest absolute Gasteiger partial charge is 0.387 e. The first kappa shape index (κ1) is 18.1. The quantitative estimate of drug-likeness (QED) is 0.242. The van der Waals surface area contributed by atoms with Gasteiger partial charge in [-0.15, -0.1) is 0 Å². The first-order valence-electron chi connectivity index (χ1n) is 5.00. The van der Waals surface area contributed by atoms with Crippen LogP contribution in [-0.2, 0) is 22.9 Å². The van der Waals surface area contributed by atoms with Gasteiger partial charge in [0.15, 0.2) is 0 Å². The van der Waals surface area contributed by atoms with Crippen LogP contribution in [0.2, 0.25) is 0 Å². The van der Waals surface area contributed by atoms with E-state index < -0.39 is 53.0 Å². The van der Waals surface area contributed by atoms with Gasteiger partial charge in [-0.2, -0.15) is 0 Å². The third-order valence-electron chi connectivity index (χ3n) is 2.37. The number of hydrogen-bond acceptors (Lipinski definition) is 8. The zero-order valence-corrected chi connectivity index (χ0v) is 11.5. The maximum atomic E-state index is 10.5. The third kappa shape index (κ3) is 5.11. The second kappa shape index (κ2) is 6.05. The molecule has 4 atom stereocenters. The summed E-state index contributed by atoms with van der Waals surface area (Å²) in [5.41, 5.74) is 0. The van der Waals surface area contributed by atoms with Gasteiger partial charge in [0.2, 0.25) is 5.79 Å². The predicted molar refractivity (Wildman–Crippen MR) is 57.8 cm³/mol. The van der Waals surface area contributed by atoms with Gasteiger partial charge in [-0.1, -0.05) is 0 Å². The molecule has 0 saturated carbocycles. The molecule has 0 aromatic heterocycles. The molecule has 0 radical (unpaired) electrons. The van der Waals surface area contributed by atoms with Crippen molar-refractivity contribution in [3.63, 3.8) is 0 Å². The molecule has 120 valence electrons. The van der Waals surface area contributed by atoms with Crippen molar-refractivity contribution in [2.45, 2.75) is 24.1 Å². The molecule has 1 rings (SSSR count). The van der Waals surface area contributed by atoms with E-state index in [1.807, 2.05) is 0 Å². The number of aliphatic hydroxyl groups excluding tert-OH is 2. The van der Waals surface area contributed by atoms with Gasteiger partial charge in [0.05, 0.1) is 6.61 Å². The maximum absolute atomic E-state index is 10.5. The molecule has 12 nitrogen and oxygen atoms in total. The summed E-state index contributed by atoms with van der Waals surface area (Å²) in [6, 6.07) is 0. The van der Waals surface area contributed by atoms with Crippen molar-refractivity contribution in [3.8, 4) is 0 Å². The molecule has 0 aromatic carbocycles. The van der Waals surface area contributed by atoms with Crippen molar-refractivity contribution >= 4 is 15.6 Å². The van der Waals surface area contributed by atoms with Crippen molar-refractivity contribution in [1.82, 2.24) is 0 Å². The summed E-state index contributed by atoms with van der Waals surface area (Å²) >= 11 is 0. The molecule has 20 heavy (non-hydrogen) atoms. The van der Waals surface area contributed by atoms with Crippen molar-refractivity contribution in [2.24, 2.45) is 0 Å². The minimum absolute atomic E-state index is 0.874. The second-order valence-corrected chi connectivity index (χ2v) is 6.47. The largest absolute Gasteiger partial charge is 0.469 e. The second-order valence-electron chi connectivity index (χ2n) is 3.99. The molecule has 0 bridgehead atoms. The van der Waals surface area contributed by atoms with Crippen LogP contribution >= 0.6 is 15.6 Å². The van der Waals surface area contributed by atoms with Crippen LogP contribution in [0.25, 0.3) is 0 Å². The van der Waals surface area contributed by atoms with E-state index in [1.54, 1.807) is 0 Å². The first-order chi connectivity index (χ1) is 8.84. The van der Waals surface area contributed by atoms with E-state index in [0.29, 0.717) is 0 Å². The molecule has 1 aliphatic rings. The predicted octanol–water partition coefficient (Wildman–Crippen LogP) is -2.99.